The Morgan fingerprint density at radius 3 is 2.48 bits per heavy atom. The van der Waals surface area contributed by atoms with Gasteiger partial charge in [-0.3, -0.25) is 10.1 Å². The van der Waals surface area contributed by atoms with Gasteiger partial charge in [0.2, 0.25) is 5.75 Å². The van der Waals surface area contributed by atoms with Crippen LogP contribution in [0.3, 0.4) is 0 Å². The van der Waals surface area contributed by atoms with Crippen LogP contribution in [-0.4, -0.2) is 4.92 Å². The lowest BCUT2D eigenvalue weighted by molar-refractivity contribution is -0.385. The van der Waals surface area contributed by atoms with Crippen LogP contribution in [-0.2, 0) is 5.88 Å². The Morgan fingerprint density at radius 1 is 1.14 bits per heavy atom. The molecule has 0 saturated heterocycles. The van der Waals surface area contributed by atoms with Crippen molar-refractivity contribution in [2.45, 2.75) is 26.7 Å². The predicted molar refractivity (Wildman–Crippen MR) is 83.4 cm³/mol. The van der Waals surface area contributed by atoms with Gasteiger partial charge in [-0.05, 0) is 49.1 Å². The molecular weight excluding hydrogens is 290 g/mol. The summed E-state index contributed by atoms with van der Waals surface area (Å²) in [5.41, 5.74) is 3.35. The van der Waals surface area contributed by atoms with Crippen molar-refractivity contribution in [2.24, 2.45) is 0 Å². The molecule has 2 rings (SSSR count). The van der Waals surface area contributed by atoms with Crippen LogP contribution >= 0.6 is 11.6 Å². The van der Waals surface area contributed by atoms with E-state index in [1.807, 2.05) is 38.1 Å². The second-order valence-electron chi connectivity index (χ2n) is 5.02. The Hall–Kier alpha value is -2.07. The summed E-state index contributed by atoms with van der Waals surface area (Å²) in [6.45, 7) is 5.52. The van der Waals surface area contributed by atoms with E-state index >= 15 is 0 Å². The lowest BCUT2D eigenvalue weighted by atomic mass is 10.1. The summed E-state index contributed by atoms with van der Waals surface area (Å²) in [4.78, 5) is 10.8. The van der Waals surface area contributed by atoms with E-state index < -0.39 is 4.92 Å². The van der Waals surface area contributed by atoms with Crippen molar-refractivity contribution >= 4 is 17.3 Å². The molecule has 0 unspecified atom stereocenters. The molecule has 21 heavy (non-hydrogen) atoms. The van der Waals surface area contributed by atoms with Crippen LogP contribution in [0.5, 0.6) is 11.5 Å². The molecule has 0 bridgehead atoms. The zero-order valence-corrected chi connectivity index (χ0v) is 12.9. The summed E-state index contributed by atoms with van der Waals surface area (Å²) in [7, 11) is 0. The van der Waals surface area contributed by atoms with Crippen LogP contribution in [0, 0.1) is 30.9 Å². The number of hydrogen-bond donors (Lipinski definition) is 0. The van der Waals surface area contributed by atoms with Crippen molar-refractivity contribution in [1.82, 2.24) is 0 Å². The average Bonchev–Trinajstić information content (AvgIpc) is 2.43. The first kappa shape index (κ1) is 15.3. The Balaban J connectivity index is 2.51. The summed E-state index contributed by atoms with van der Waals surface area (Å²) in [5, 5.41) is 11.2. The standard InChI is InChI=1S/C16H16ClNO3/c1-10-6-12(3)16(14(7-10)18(19)20)21-15-8-13(9-17)5-4-11(15)2/h4-8H,9H2,1-3H3. The summed E-state index contributed by atoms with van der Waals surface area (Å²) >= 11 is 5.82. The van der Waals surface area contributed by atoms with E-state index in [0.717, 1.165) is 22.3 Å². The zero-order chi connectivity index (χ0) is 15.6. The maximum atomic E-state index is 11.2. The fourth-order valence-electron chi connectivity index (χ4n) is 2.15. The molecular formula is C16H16ClNO3. The molecule has 0 heterocycles. The Morgan fingerprint density at radius 2 is 1.86 bits per heavy atom. The molecule has 0 atom stereocenters. The minimum Gasteiger partial charge on any atom is -0.450 e. The molecule has 2 aromatic carbocycles. The number of hydrogen-bond acceptors (Lipinski definition) is 3. The van der Waals surface area contributed by atoms with Crippen LogP contribution in [0.2, 0.25) is 0 Å². The Labute approximate surface area is 128 Å². The third-order valence-corrected chi connectivity index (χ3v) is 3.52. The lowest BCUT2D eigenvalue weighted by Gasteiger charge is -2.13. The molecule has 0 amide bonds. The molecule has 0 aliphatic heterocycles. The summed E-state index contributed by atoms with van der Waals surface area (Å²) < 4.78 is 5.83. The number of ether oxygens (including phenoxy) is 1. The summed E-state index contributed by atoms with van der Waals surface area (Å²) in [6.07, 6.45) is 0. The SMILES string of the molecule is Cc1cc(C)c(Oc2cc(CCl)ccc2C)c([N+](=O)[O-])c1. The highest BCUT2D eigenvalue weighted by atomic mass is 35.5. The fourth-order valence-corrected chi connectivity index (χ4v) is 2.31. The van der Waals surface area contributed by atoms with E-state index in [2.05, 4.69) is 0 Å². The van der Waals surface area contributed by atoms with Gasteiger partial charge in [0, 0.05) is 11.9 Å². The summed E-state index contributed by atoms with van der Waals surface area (Å²) in [5.74, 6) is 1.23. The number of nitro benzene ring substituents is 1. The maximum Gasteiger partial charge on any atom is 0.312 e. The van der Waals surface area contributed by atoms with Crippen molar-refractivity contribution in [1.29, 1.82) is 0 Å². The van der Waals surface area contributed by atoms with Gasteiger partial charge in [-0.15, -0.1) is 11.6 Å². The Kier molecular flexibility index (Phi) is 4.48. The normalized spacial score (nSPS) is 10.5. The van der Waals surface area contributed by atoms with Gasteiger partial charge in [0.25, 0.3) is 0 Å². The third kappa shape index (κ3) is 3.34. The van der Waals surface area contributed by atoms with Crippen LogP contribution in [0.25, 0.3) is 0 Å². The molecule has 0 spiro atoms. The van der Waals surface area contributed by atoms with Gasteiger partial charge in [-0.2, -0.15) is 0 Å². The number of nitro groups is 1. The van der Waals surface area contributed by atoms with Crippen molar-refractivity contribution in [3.63, 3.8) is 0 Å². The molecule has 0 radical (unpaired) electrons. The monoisotopic (exact) mass is 305 g/mol. The quantitative estimate of drug-likeness (QED) is 0.451. The van der Waals surface area contributed by atoms with Crippen molar-refractivity contribution < 1.29 is 9.66 Å². The number of nitrogens with zero attached hydrogens (tertiary/aromatic N) is 1. The molecule has 0 N–H and O–H groups in total. The second-order valence-corrected chi connectivity index (χ2v) is 5.29. The number of rotatable bonds is 4. The molecule has 2 aromatic rings. The first-order valence-corrected chi connectivity index (χ1v) is 7.05. The molecule has 0 aliphatic rings. The van der Waals surface area contributed by atoms with Crippen LogP contribution in [0.1, 0.15) is 22.3 Å². The van der Waals surface area contributed by atoms with Crippen molar-refractivity contribution in [3.8, 4) is 11.5 Å². The van der Waals surface area contributed by atoms with Gasteiger partial charge in [-0.25, -0.2) is 0 Å². The maximum absolute atomic E-state index is 11.2. The van der Waals surface area contributed by atoms with Crippen molar-refractivity contribution in [3.05, 3.63) is 62.7 Å². The largest absolute Gasteiger partial charge is 0.450 e. The number of halogens is 1. The molecule has 0 fully saturated rings. The molecule has 4 nitrogen and oxygen atoms in total. The number of alkyl halides is 1. The first-order chi connectivity index (χ1) is 9.92. The van der Waals surface area contributed by atoms with E-state index in [0.29, 0.717) is 11.6 Å². The third-order valence-electron chi connectivity index (χ3n) is 3.21. The second kappa shape index (κ2) is 6.14. The van der Waals surface area contributed by atoms with E-state index in [-0.39, 0.29) is 11.4 Å². The lowest BCUT2D eigenvalue weighted by Crippen LogP contribution is -1.98. The molecule has 0 saturated carbocycles. The minimum atomic E-state index is -0.421. The predicted octanol–water partition coefficient (Wildman–Crippen LogP) is 5.05. The van der Waals surface area contributed by atoms with E-state index in [1.165, 1.54) is 6.07 Å². The molecule has 0 aliphatic carbocycles. The van der Waals surface area contributed by atoms with Crippen LogP contribution in [0.15, 0.2) is 30.3 Å². The van der Waals surface area contributed by atoms with Crippen LogP contribution in [0.4, 0.5) is 5.69 Å². The minimum absolute atomic E-state index is 0.0248. The summed E-state index contributed by atoms with van der Waals surface area (Å²) in [6, 6.07) is 8.99. The highest BCUT2D eigenvalue weighted by molar-refractivity contribution is 6.17. The first-order valence-electron chi connectivity index (χ1n) is 6.51. The van der Waals surface area contributed by atoms with Gasteiger partial charge < -0.3 is 4.74 Å². The molecule has 5 heteroatoms. The van der Waals surface area contributed by atoms with Gasteiger partial charge >= 0.3 is 5.69 Å². The topological polar surface area (TPSA) is 52.4 Å². The van der Waals surface area contributed by atoms with E-state index in [1.54, 1.807) is 6.92 Å². The number of aryl methyl sites for hydroxylation is 3. The zero-order valence-electron chi connectivity index (χ0n) is 12.1. The van der Waals surface area contributed by atoms with Gasteiger partial charge in [-0.1, -0.05) is 18.2 Å². The molecule has 0 aromatic heterocycles. The highest BCUT2D eigenvalue weighted by Crippen LogP contribution is 2.37. The molecule has 110 valence electrons. The van der Waals surface area contributed by atoms with Gasteiger partial charge in [0.1, 0.15) is 5.75 Å². The number of benzene rings is 2. The van der Waals surface area contributed by atoms with Crippen LogP contribution < -0.4 is 4.74 Å². The van der Waals surface area contributed by atoms with E-state index in [4.69, 9.17) is 16.3 Å². The highest BCUT2D eigenvalue weighted by Gasteiger charge is 2.20. The van der Waals surface area contributed by atoms with E-state index in [9.17, 15) is 10.1 Å². The van der Waals surface area contributed by atoms with Gasteiger partial charge in [0.05, 0.1) is 4.92 Å². The smallest absolute Gasteiger partial charge is 0.312 e. The Bertz CT molecular complexity index is 698. The van der Waals surface area contributed by atoms with Gasteiger partial charge in [0.15, 0.2) is 0 Å². The average molecular weight is 306 g/mol. The fraction of sp³-hybridized carbons (Fsp3) is 0.250. The van der Waals surface area contributed by atoms with Crippen molar-refractivity contribution in [2.75, 3.05) is 0 Å².